The zero-order valence-electron chi connectivity index (χ0n) is 16.7. The number of hydrogen-bond donors (Lipinski definition) is 0. The lowest BCUT2D eigenvalue weighted by Gasteiger charge is -2.37. The minimum Gasteiger partial charge on any atom is -0.355 e. The van der Waals surface area contributed by atoms with Crippen molar-refractivity contribution in [3.05, 3.63) is 29.0 Å². The highest BCUT2D eigenvalue weighted by Gasteiger charge is 2.30. The molecule has 2 aliphatic heterocycles. The summed E-state index contributed by atoms with van der Waals surface area (Å²) in [5.41, 5.74) is 1.78. The fourth-order valence-corrected chi connectivity index (χ4v) is 5.00. The topological polar surface area (TPSA) is 66.6 Å². The first-order chi connectivity index (χ1) is 14.2. The molecule has 2 saturated heterocycles. The van der Waals surface area contributed by atoms with Crippen LogP contribution in [0.5, 0.6) is 0 Å². The molecule has 0 unspecified atom stereocenters. The van der Waals surface area contributed by atoms with Gasteiger partial charge in [-0.05, 0) is 55.2 Å². The van der Waals surface area contributed by atoms with Gasteiger partial charge in [0.2, 0.25) is 5.91 Å². The molecule has 2 aliphatic rings. The largest absolute Gasteiger partial charge is 0.355 e. The van der Waals surface area contributed by atoms with Gasteiger partial charge < -0.3 is 9.80 Å². The van der Waals surface area contributed by atoms with E-state index in [1.807, 2.05) is 28.1 Å². The molecule has 29 heavy (non-hydrogen) atoms. The van der Waals surface area contributed by atoms with E-state index in [2.05, 4.69) is 32.3 Å². The summed E-state index contributed by atoms with van der Waals surface area (Å²) in [4.78, 5) is 17.3. The standard InChI is InChI=1S/C21H26N6OS/c1-15-4-9-26(10-5-15)21(28)16-6-11-25(12-7-16)19-3-2-18-22-23-20(27(18)24-19)17-8-13-29-14-17/h2-3,8,13-16H,4-7,9-12H2,1H3. The number of likely N-dealkylation sites (tertiary alicyclic amines) is 1. The van der Waals surface area contributed by atoms with Crippen LogP contribution in [0.1, 0.15) is 32.6 Å². The van der Waals surface area contributed by atoms with Crippen LogP contribution in [-0.2, 0) is 4.79 Å². The SMILES string of the molecule is CC1CCN(C(=O)C2CCN(c3ccc4nnc(-c5ccsc5)n4n3)CC2)CC1. The maximum Gasteiger partial charge on any atom is 0.225 e. The maximum absolute atomic E-state index is 12.9. The first-order valence-electron chi connectivity index (χ1n) is 10.5. The van der Waals surface area contributed by atoms with Crippen molar-refractivity contribution in [1.29, 1.82) is 0 Å². The molecule has 0 atom stereocenters. The molecule has 3 aromatic heterocycles. The molecule has 8 heteroatoms. The molecule has 0 saturated carbocycles. The predicted molar refractivity (Wildman–Crippen MR) is 114 cm³/mol. The normalized spacial score (nSPS) is 19.2. The summed E-state index contributed by atoms with van der Waals surface area (Å²) < 4.78 is 1.82. The predicted octanol–water partition coefficient (Wildman–Crippen LogP) is 3.33. The lowest BCUT2D eigenvalue weighted by atomic mass is 9.92. The summed E-state index contributed by atoms with van der Waals surface area (Å²) in [6, 6.07) is 6.01. The first kappa shape index (κ1) is 18.5. The molecule has 3 aromatic rings. The summed E-state index contributed by atoms with van der Waals surface area (Å²) in [6.45, 7) is 5.85. The lowest BCUT2D eigenvalue weighted by molar-refractivity contribution is -0.137. The van der Waals surface area contributed by atoms with E-state index in [1.54, 1.807) is 11.3 Å². The third kappa shape index (κ3) is 3.61. The fourth-order valence-electron chi connectivity index (χ4n) is 4.36. The molecular formula is C21H26N6OS. The smallest absolute Gasteiger partial charge is 0.225 e. The Bertz CT molecular complexity index is 984. The summed E-state index contributed by atoms with van der Waals surface area (Å²) in [7, 11) is 0. The van der Waals surface area contributed by atoms with Gasteiger partial charge in [-0.15, -0.1) is 15.3 Å². The Morgan fingerprint density at radius 3 is 2.55 bits per heavy atom. The molecule has 0 N–H and O–H groups in total. The third-order valence-electron chi connectivity index (χ3n) is 6.29. The molecule has 2 fully saturated rings. The van der Waals surface area contributed by atoms with Gasteiger partial charge in [-0.25, -0.2) is 0 Å². The van der Waals surface area contributed by atoms with Crippen LogP contribution in [0.25, 0.3) is 17.0 Å². The Morgan fingerprint density at radius 1 is 1.03 bits per heavy atom. The average Bonchev–Trinajstić information content (AvgIpc) is 3.43. The Kier molecular flexibility index (Phi) is 4.95. The first-order valence-corrected chi connectivity index (χ1v) is 11.4. The van der Waals surface area contributed by atoms with Gasteiger partial charge in [0.15, 0.2) is 11.5 Å². The van der Waals surface area contributed by atoms with Gasteiger partial charge >= 0.3 is 0 Å². The fraction of sp³-hybridized carbons (Fsp3) is 0.524. The maximum atomic E-state index is 12.9. The van der Waals surface area contributed by atoms with E-state index in [4.69, 9.17) is 5.10 Å². The Labute approximate surface area is 174 Å². The van der Waals surface area contributed by atoms with Crippen LogP contribution in [0.3, 0.4) is 0 Å². The van der Waals surface area contributed by atoms with Crippen LogP contribution >= 0.6 is 11.3 Å². The average molecular weight is 411 g/mol. The highest BCUT2D eigenvalue weighted by Crippen LogP contribution is 2.27. The van der Waals surface area contributed by atoms with Crippen LogP contribution in [0.2, 0.25) is 0 Å². The third-order valence-corrected chi connectivity index (χ3v) is 6.97. The van der Waals surface area contributed by atoms with Crippen molar-refractivity contribution in [3.63, 3.8) is 0 Å². The summed E-state index contributed by atoms with van der Waals surface area (Å²) in [5.74, 6) is 2.95. The van der Waals surface area contributed by atoms with E-state index in [0.29, 0.717) is 5.91 Å². The van der Waals surface area contributed by atoms with E-state index in [-0.39, 0.29) is 5.92 Å². The number of carbonyl (C=O) groups excluding carboxylic acids is 1. The molecule has 7 nitrogen and oxygen atoms in total. The molecule has 1 amide bonds. The molecule has 152 valence electrons. The second-order valence-corrected chi connectivity index (χ2v) is 9.05. The van der Waals surface area contributed by atoms with E-state index >= 15 is 0 Å². The quantitative estimate of drug-likeness (QED) is 0.663. The van der Waals surface area contributed by atoms with Gasteiger partial charge in [0, 0.05) is 43.0 Å². The number of hydrogen-bond acceptors (Lipinski definition) is 6. The molecule has 0 aromatic carbocycles. The Hall–Kier alpha value is -2.48. The van der Waals surface area contributed by atoms with E-state index in [0.717, 1.165) is 80.6 Å². The molecule has 0 spiro atoms. The van der Waals surface area contributed by atoms with Crippen LogP contribution < -0.4 is 4.90 Å². The van der Waals surface area contributed by atoms with Gasteiger partial charge in [-0.3, -0.25) is 4.79 Å². The molecular weight excluding hydrogens is 384 g/mol. The zero-order valence-corrected chi connectivity index (χ0v) is 17.5. The number of thiophene rings is 1. The van der Waals surface area contributed by atoms with E-state index in [9.17, 15) is 4.79 Å². The van der Waals surface area contributed by atoms with Crippen LogP contribution in [0, 0.1) is 11.8 Å². The van der Waals surface area contributed by atoms with E-state index in [1.165, 1.54) is 0 Å². The molecule has 0 aliphatic carbocycles. The van der Waals surface area contributed by atoms with Gasteiger partial charge in [0.05, 0.1) is 0 Å². The van der Waals surface area contributed by atoms with Crippen molar-refractivity contribution >= 4 is 28.7 Å². The van der Waals surface area contributed by atoms with Crippen molar-refractivity contribution in [2.45, 2.75) is 32.6 Å². The minimum absolute atomic E-state index is 0.152. The number of nitrogens with zero attached hydrogens (tertiary/aromatic N) is 6. The summed E-state index contributed by atoms with van der Waals surface area (Å²) in [5, 5.41) is 17.4. The highest BCUT2D eigenvalue weighted by atomic mass is 32.1. The molecule has 5 heterocycles. The molecule has 0 radical (unpaired) electrons. The minimum atomic E-state index is 0.152. The molecule has 5 rings (SSSR count). The van der Waals surface area contributed by atoms with Crippen LogP contribution in [-0.4, -0.2) is 56.8 Å². The number of anilines is 1. The Morgan fingerprint density at radius 2 is 1.83 bits per heavy atom. The second-order valence-electron chi connectivity index (χ2n) is 8.27. The number of piperidine rings is 2. The van der Waals surface area contributed by atoms with Gasteiger partial charge in [-0.2, -0.15) is 15.9 Å². The molecule has 0 bridgehead atoms. The van der Waals surface area contributed by atoms with Crippen molar-refractivity contribution < 1.29 is 4.79 Å². The number of amides is 1. The number of aromatic nitrogens is 4. The van der Waals surface area contributed by atoms with Crippen molar-refractivity contribution in [1.82, 2.24) is 24.7 Å². The Balaban J connectivity index is 1.28. The summed E-state index contributed by atoms with van der Waals surface area (Å²) >= 11 is 1.64. The lowest BCUT2D eigenvalue weighted by Crippen LogP contribution is -2.45. The number of rotatable bonds is 3. The van der Waals surface area contributed by atoms with E-state index < -0.39 is 0 Å². The number of fused-ring (bicyclic) bond motifs is 1. The monoisotopic (exact) mass is 410 g/mol. The van der Waals surface area contributed by atoms with Gasteiger partial charge in [-0.1, -0.05) is 6.92 Å². The number of carbonyl (C=O) groups is 1. The second kappa shape index (κ2) is 7.74. The van der Waals surface area contributed by atoms with Crippen molar-refractivity contribution in [2.24, 2.45) is 11.8 Å². The van der Waals surface area contributed by atoms with Gasteiger partial charge in [0.1, 0.15) is 5.82 Å². The zero-order chi connectivity index (χ0) is 19.8. The van der Waals surface area contributed by atoms with Crippen LogP contribution in [0.4, 0.5) is 5.82 Å². The highest BCUT2D eigenvalue weighted by molar-refractivity contribution is 7.08. The van der Waals surface area contributed by atoms with Gasteiger partial charge in [0.25, 0.3) is 0 Å². The van der Waals surface area contributed by atoms with Crippen LogP contribution in [0.15, 0.2) is 29.0 Å². The summed E-state index contributed by atoms with van der Waals surface area (Å²) in [6.07, 6.45) is 4.06. The van der Waals surface area contributed by atoms with Crippen molar-refractivity contribution in [2.75, 3.05) is 31.1 Å². The van der Waals surface area contributed by atoms with Crippen molar-refractivity contribution in [3.8, 4) is 11.4 Å².